The third kappa shape index (κ3) is 6.69. The number of aliphatic hydroxyl groups is 10. The number of aliphatic carboxylic acids is 1. The van der Waals surface area contributed by atoms with Crippen LogP contribution >= 0.6 is 0 Å². The molecule has 18 heteroatoms. The van der Waals surface area contributed by atoms with Gasteiger partial charge in [-0.25, -0.2) is 0 Å². The number of rotatable bonds is 10. The summed E-state index contributed by atoms with van der Waals surface area (Å²) in [6.45, 7) is 6.26. The molecule has 4 saturated carbocycles. The molecule has 1 spiro atoms. The number of ether oxygens (including phenoxy) is 6. The second-order valence-corrected chi connectivity index (χ2v) is 18.0. The van der Waals surface area contributed by atoms with Gasteiger partial charge in [0.05, 0.1) is 30.8 Å². The Morgan fingerprint density at radius 1 is 0.679 bits per heavy atom. The van der Waals surface area contributed by atoms with Crippen molar-refractivity contribution in [2.24, 2.45) is 28.1 Å². The van der Waals surface area contributed by atoms with Gasteiger partial charge >= 0.3 is 5.97 Å². The van der Waals surface area contributed by atoms with E-state index in [9.17, 15) is 61.0 Å². The maximum atomic E-state index is 12.6. The Morgan fingerprint density at radius 3 is 1.89 bits per heavy atom. The zero-order valence-electron chi connectivity index (χ0n) is 31.8. The highest BCUT2D eigenvalue weighted by Crippen LogP contribution is 2.73. The summed E-state index contributed by atoms with van der Waals surface area (Å²) >= 11 is 0. The first kappa shape index (κ1) is 42.7. The van der Waals surface area contributed by atoms with E-state index in [1.54, 1.807) is 0 Å². The van der Waals surface area contributed by atoms with Gasteiger partial charge in [-0.2, -0.15) is 0 Å². The Hall–Kier alpha value is -1.43. The molecule has 3 saturated heterocycles. The van der Waals surface area contributed by atoms with Crippen LogP contribution in [0, 0.1) is 28.1 Å². The Kier molecular flexibility index (Phi) is 11.9. The molecule has 0 aromatic rings. The third-order valence-electron chi connectivity index (χ3n) is 15.0. The second kappa shape index (κ2) is 15.6. The Balaban J connectivity index is 1.12. The summed E-state index contributed by atoms with van der Waals surface area (Å²) in [5.41, 5.74) is -1.38. The minimum Gasteiger partial charge on any atom is -0.481 e. The van der Waals surface area contributed by atoms with E-state index in [2.05, 4.69) is 13.5 Å². The van der Waals surface area contributed by atoms with Gasteiger partial charge in [-0.05, 0) is 86.5 Å². The standard InChI is InChI=1S/C38H60O18/c1-16-11-37-9-5-20-35(2,7-4-8-36(20,3)34(49)50)21(37)6-10-38(16,15-37)56-32-28(48)29(24(44)19(14-41)52-32)54-33-30(26(46)23(43)18(13-40)53-33)55-31-27(47)25(45)22(42)17(12-39)51-31/h17-33,39-48H,1,4-15H2,2-3H3,(H,49,50)/t17-,18-,19-,20+,21+,22-,23-,24-,25+,26+,27-,28-,29+,30-,31+,32+,33+,35-,36-,37-,38+/m1/s1. The van der Waals surface area contributed by atoms with E-state index in [4.69, 9.17) is 28.4 Å². The lowest BCUT2D eigenvalue weighted by Gasteiger charge is -2.64. The minimum atomic E-state index is -1.92. The molecule has 56 heavy (non-hydrogen) atoms. The summed E-state index contributed by atoms with van der Waals surface area (Å²) in [5, 5.41) is 116. The van der Waals surface area contributed by atoms with E-state index in [0.29, 0.717) is 25.7 Å². The molecule has 7 fully saturated rings. The van der Waals surface area contributed by atoms with Crippen LogP contribution in [-0.4, -0.2) is 180 Å². The molecule has 4 aliphatic carbocycles. The van der Waals surface area contributed by atoms with Gasteiger partial charge in [0.25, 0.3) is 0 Å². The van der Waals surface area contributed by atoms with Crippen LogP contribution in [0.5, 0.6) is 0 Å². The monoisotopic (exact) mass is 804 g/mol. The average molecular weight is 805 g/mol. The highest BCUT2D eigenvalue weighted by Gasteiger charge is 2.69. The van der Waals surface area contributed by atoms with E-state index in [0.717, 1.165) is 37.7 Å². The van der Waals surface area contributed by atoms with Crippen molar-refractivity contribution in [1.82, 2.24) is 0 Å². The van der Waals surface area contributed by atoms with Crippen LogP contribution in [0.4, 0.5) is 0 Å². The van der Waals surface area contributed by atoms with Crippen LogP contribution in [0.15, 0.2) is 12.2 Å². The molecule has 7 aliphatic rings. The van der Waals surface area contributed by atoms with Crippen LogP contribution in [0.3, 0.4) is 0 Å². The maximum absolute atomic E-state index is 12.6. The summed E-state index contributed by atoms with van der Waals surface area (Å²) in [7, 11) is 0. The molecule has 0 unspecified atom stereocenters. The van der Waals surface area contributed by atoms with Crippen LogP contribution in [-0.2, 0) is 33.2 Å². The summed E-state index contributed by atoms with van der Waals surface area (Å²) in [5.74, 6) is -0.514. The van der Waals surface area contributed by atoms with Gasteiger partial charge < -0.3 is 84.6 Å². The number of fused-ring (bicyclic) bond motifs is 3. The van der Waals surface area contributed by atoms with E-state index >= 15 is 0 Å². The number of hydrogen-bond acceptors (Lipinski definition) is 17. The van der Waals surface area contributed by atoms with Crippen molar-refractivity contribution in [3.05, 3.63) is 12.2 Å². The Morgan fingerprint density at radius 2 is 1.25 bits per heavy atom. The fourth-order valence-corrected chi connectivity index (χ4v) is 12.1. The largest absolute Gasteiger partial charge is 0.481 e. The highest BCUT2D eigenvalue weighted by molar-refractivity contribution is 5.75. The lowest BCUT2D eigenvalue weighted by Crippen LogP contribution is -2.67. The highest BCUT2D eigenvalue weighted by atomic mass is 16.8. The average Bonchev–Trinajstić information content (AvgIpc) is 3.36. The van der Waals surface area contributed by atoms with Crippen LogP contribution in [0.25, 0.3) is 0 Å². The molecule has 21 atom stereocenters. The molecule has 320 valence electrons. The molecule has 0 amide bonds. The molecule has 0 aromatic carbocycles. The Bertz CT molecular complexity index is 1450. The number of aliphatic hydroxyl groups excluding tert-OH is 10. The summed E-state index contributed by atoms with van der Waals surface area (Å²) < 4.78 is 35.7. The molecule has 7 rings (SSSR count). The van der Waals surface area contributed by atoms with Crippen molar-refractivity contribution in [3.8, 4) is 0 Å². The first-order chi connectivity index (χ1) is 26.4. The molecule has 0 radical (unpaired) electrons. The number of carbonyl (C=O) groups is 1. The van der Waals surface area contributed by atoms with Gasteiger partial charge in [-0.15, -0.1) is 0 Å². The van der Waals surface area contributed by atoms with Gasteiger partial charge in [0.2, 0.25) is 0 Å². The van der Waals surface area contributed by atoms with Gasteiger partial charge in [0.15, 0.2) is 18.9 Å². The predicted octanol–water partition coefficient (Wildman–Crippen LogP) is -2.37. The molecule has 3 heterocycles. The van der Waals surface area contributed by atoms with E-state index in [1.807, 2.05) is 6.92 Å². The van der Waals surface area contributed by atoms with Crippen molar-refractivity contribution >= 4 is 5.97 Å². The van der Waals surface area contributed by atoms with Crippen molar-refractivity contribution < 1.29 is 89.4 Å². The molecule has 18 nitrogen and oxygen atoms in total. The zero-order valence-corrected chi connectivity index (χ0v) is 31.8. The van der Waals surface area contributed by atoms with Crippen LogP contribution in [0.1, 0.15) is 71.6 Å². The summed E-state index contributed by atoms with van der Waals surface area (Å²) in [4.78, 5) is 12.6. The molecule has 11 N–H and O–H groups in total. The smallest absolute Gasteiger partial charge is 0.309 e. The number of carboxylic acid groups (broad SMARTS) is 1. The van der Waals surface area contributed by atoms with Crippen LogP contribution < -0.4 is 0 Å². The zero-order chi connectivity index (χ0) is 40.7. The first-order valence-corrected chi connectivity index (χ1v) is 19.9. The van der Waals surface area contributed by atoms with E-state index < -0.39 is 129 Å². The lowest BCUT2D eigenvalue weighted by molar-refractivity contribution is -0.392. The van der Waals surface area contributed by atoms with Gasteiger partial charge in [0.1, 0.15) is 73.2 Å². The van der Waals surface area contributed by atoms with Crippen molar-refractivity contribution in [3.63, 3.8) is 0 Å². The van der Waals surface area contributed by atoms with E-state index in [1.165, 1.54) is 0 Å². The Labute approximate surface area is 324 Å². The SMILES string of the molecule is C=C1C[C@@]23CC[C@H]4[C@@](C)(CCC[C@@]4(C)C(=O)O)[C@@H]2CC[C@]1(O[C@@H]1O[C@H](CO)[C@@H](O)[C@H](O[C@@H]2O[C@H](CO)[C@@H](O)[C@H](O)[C@H]2O[C@@H]2O[C@H](CO)[C@@H](O)[C@H](O)[C@H]2O)[C@H]1O)C3. The maximum Gasteiger partial charge on any atom is 0.309 e. The van der Waals surface area contributed by atoms with Gasteiger partial charge in [-0.3, -0.25) is 4.79 Å². The minimum absolute atomic E-state index is 0.0212. The van der Waals surface area contributed by atoms with E-state index in [-0.39, 0.29) is 22.7 Å². The molecule has 2 bridgehead atoms. The second-order valence-electron chi connectivity index (χ2n) is 18.0. The van der Waals surface area contributed by atoms with Crippen LogP contribution in [0.2, 0.25) is 0 Å². The fraction of sp³-hybridized carbons (Fsp3) is 0.921. The summed E-state index contributed by atoms with van der Waals surface area (Å²) in [6.07, 6.45) is -19.1. The third-order valence-corrected chi connectivity index (χ3v) is 15.0. The summed E-state index contributed by atoms with van der Waals surface area (Å²) in [6, 6.07) is 0. The molecule has 3 aliphatic heterocycles. The van der Waals surface area contributed by atoms with Gasteiger partial charge in [0, 0.05) is 0 Å². The van der Waals surface area contributed by atoms with Crippen molar-refractivity contribution in [2.45, 2.75) is 169 Å². The normalized spacial score (nSPS) is 54.6. The fourth-order valence-electron chi connectivity index (χ4n) is 12.1. The number of hydrogen-bond donors (Lipinski definition) is 11. The predicted molar refractivity (Wildman–Crippen MR) is 187 cm³/mol. The molecule has 0 aromatic heterocycles. The molecular weight excluding hydrogens is 744 g/mol. The quantitative estimate of drug-likeness (QED) is 0.0812. The molecular formula is C38H60O18. The topological polar surface area (TPSA) is 295 Å². The van der Waals surface area contributed by atoms with Crippen molar-refractivity contribution in [1.29, 1.82) is 0 Å². The first-order valence-electron chi connectivity index (χ1n) is 19.9. The lowest BCUT2D eigenvalue weighted by atomic mass is 9.41. The van der Waals surface area contributed by atoms with Crippen molar-refractivity contribution in [2.75, 3.05) is 19.8 Å². The van der Waals surface area contributed by atoms with Gasteiger partial charge in [-0.1, -0.05) is 19.9 Å². The number of carboxylic acids is 1.